The highest BCUT2D eigenvalue weighted by Crippen LogP contribution is 2.35. The van der Waals surface area contributed by atoms with Crippen molar-refractivity contribution in [2.24, 2.45) is 0 Å². The van der Waals surface area contributed by atoms with Gasteiger partial charge in [-0.3, -0.25) is 4.79 Å². The SMILES string of the molecule is CN1C(=O)Cc2cc(C(Cl)c3cccc(Br)c3)ccc21. The van der Waals surface area contributed by atoms with E-state index in [9.17, 15) is 4.79 Å². The molecule has 1 aliphatic rings. The van der Waals surface area contributed by atoms with Crippen LogP contribution in [0.15, 0.2) is 46.9 Å². The van der Waals surface area contributed by atoms with Gasteiger partial charge in [0.2, 0.25) is 5.91 Å². The van der Waals surface area contributed by atoms with Crippen molar-refractivity contribution in [1.29, 1.82) is 0 Å². The van der Waals surface area contributed by atoms with Crippen LogP contribution in [0.2, 0.25) is 0 Å². The molecule has 0 spiro atoms. The highest BCUT2D eigenvalue weighted by atomic mass is 79.9. The Hall–Kier alpha value is -1.32. The average Bonchev–Trinajstić information content (AvgIpc) is 2.73. The van der Waals surface area contributed by atoms with Gasteiger partial charge in [0, 0.05) is 17.2 Å². The zero-order chi connectivity index (χ0) is 14.3. The molecule has 20 heavy (non-hydrogen) atoms. The minimum Gasteiger partial charge on any atom is -0.315 e. The van der Waals surface area contributed by atoms with Gasteiger partial charge in [-0.25, -0.2) is 0 Å². The summed E-state index contributed by atoms with van der Waals surface area (Å²) in [7, 11) is 1.81. The number of hydrogen-bond donors (Lipinski definition) is 0. The van der Waals surface area contributed by atoms with Crippen LogP contribution < -0.4 is 4.90 Å². The lowest BCUT2D eigenvalue weighted by Gasteiger charge is -2.14. The van der Waals surface area contributed by atoms with Crippen molar-refractivity contribution in [1.82, 2.24) is 0 Å². The second-order valence-corrected chi connectivity index (χ2v) is 6.29. The number of benzene rings is 2. The number of amides is 1. The van der Waals surface area contributed by atoms with E-state index in [4.69, 9.17) is 11.6 Å². The van der Waals surface area contributed by atoms with E-state index >= 15 is 0 Å². The van der Waals surface area contributed by atoms with E-state index in [0.717, 1.165) is 26.9 Å². The first-order valence-electron chi connectivity index (χ1n) is 6.35. The van der Waals surface area contributed by atoms with E-state index < -0.39 is 0 Å². The van der Waals surface area contributed by atoms with E-state index in [1.807, 2.05) is 42.5 Å². The predicted molar refractivity (Wildman–Crippen MR) is 85.4 cm³/mol. The summed E-state index contributed by atoms with van der Waals surface area (Å²) in [6.45, 7) is 0. The van der Waals surface area contributed by atoms with Crippen LogP contribution in [0.25, 0.3) is 0 Å². The van der Waals surface area contributed by atoms with Crippen LogP contribution in [0.1, 0.15) is 22.1 Å². The molecule has 2 aromatic carbocycles. The van der Waals surface area contributed by atoms with Crippen molar-refractivity contribution in [2.45, 2.75) is 11.8 Å². The number of rotatable bonds is 2. The average molecular weight is 351 g/mol. The summed E-state index contributed by atoms with van der Waals surface area (Å²) in [6.07, 6.45) is 0.460. The van der Waals surface area contributed by atoms with Gasteiger partial charge in [-0.15, -0.1) is 11.6 Å². The maximum atomic E-state index is 11.7. The van der Waals surface area contributed by atoms with Crippen LogP contribution in [-0.4, -0.2) is 13.0 Å². The second kappa shape index (κ2) is 5.23. The largest absolute Gasteiger partial charge is 0.315 e. The number of carbonyl (C=O) groups is 1. The minimum atomic E-state index is -0.209. The maximum absolute atomic E-state index is 11.7. The first kappa shape index (κ1) is 13.7. The fourth-order valence-electron chi connectivity index (χ4n) is 2.50. The van der Waals surface area contributed by atoms with Crippen LogP contribution in [-0.2, 0) is 11.2 Å². The number of carbonyl (C=O) groups excluding carboxylic acids is 1. The predicted octanol–water partition coefficient (Wildman–Crippen LogP) is 4.30. The van der Waals surface area contributed by atoms with E-state index in [1.165, 1.54) is 0 Å². The molecule has 0 saturated heterocycles. The molecular formula is C16H13BrClNO. The summed E-state index contributed by atoms with van der Waals surface area (Å²) in [5, 5.41) is -0.209. The molecule has 1 unspecified atom stereocenters. The van der Waals surface area contributed by atoms with Gasteiger partial charge >= 0.3 is 0 Å². The smallest absolute Gasteiger partial charge is 0.231 e. The Balaban J connectivity index is 1.96. The summed E-state index contributed by atoms with van der Waals surface area (Å²) in [4.78, 5) is 13.4. The number of hydrogen-bond acceptors (Lipinski definition) is 1. The summed E-state index contributed by atoms with van der Waals surface area (Å²) in [5.74, 6) is 0.130. The molecule has 0 N–H and O–H groups in total. The van der Waals surface area contributed by atoms with E-state index in [-0.39, 0.29) is 11.3 Å². The summed E-state index contributed by atoms with van der Waals surface area (Å²) in [5.41, 5.74) is 4.10. The van der Waals surface area contributed by atoms with Crippen molar-refractivity contribution < 1.29 is 4.79 Å². The highest BCUT2D eigenvalue weighted by Gasteiger charge is 2.25. The fourth-order valence-corrected chi connectivity index (χ4v) is 3.19. The maximum Gasteiger partial charge on any atom is 0.231 e. The van der Waals surface area contributed by atoms with Gasteiger partial charge in [0.05, 0.1) is 11.8 Å². The Morgan fingerprint density at radius 1 is 1.20 bits per heavy atom. The van der Waals surface area contributed by atoms with Crippen LogP contribution in [0.3, 0.4) is 0 Å². The molecule has 0 fully saturated rings. The molecule has 0 radical (unpaired) electrons. The molecule has 1 amide bonds. The number of likely N-dealkylation sites (N-methyl/N-ethyl adjacent to an activating group) is 1. The van der Waals surface area contributed by atoms with Crippen LogP contribution in [0.4, 0.5) is 5.69 Å². The first-order valence-corrected chi connectivity index (χ1v) is 7.58. The van der Waals surface area contributed by atoms with E-state index in [2.05, 4.69) is 15.9 Å². The molecule has 0 aromatic heterocycles. The van der Waals surface area contributed by atoms with Crippen LogP contribution in [0, 0.1) is 0 Å². The lowest BCUT2D eigenvalue weighted by Crippen LogP contribution is -2.20. The summed E-state index contributed by atoms with van der Waals surface area (Å²) >= 11 is 10.0. The molecule has 0 saturated carbocycles. The Morgan fingerprint density at radius 2 is 1.95 bits per heavy atom. The number of alkyl halides is 1. The molecule has 0 aliphatic carbocycles. The van der Waals surface area contributed by atoms with Crippen molar-refractivity contribution >= 4 is 39.1 Å². The second-order valence-electron chi connectivity index (χ2n) is 4.94. The quantitative estimate of drug-likeness (QED) is 0.740. The Bertz CT molecular complexity index is 686. The minimum absolute atomic E-state index is 0.130. The molecule has 2 aromatic rings. The van der Waals surface area contributed by atoms with Gasteiger partial charge in [0.25, 0.3) is 0 Å². The van der Waals surface area contributed by atoms with Crippen molar-refractivity contribution in [3.63, 3.8) is 0 Å². The third-order valence-electron chi connectivity index (χ3n) is 3.61. The van der Waals surface area contributed by atoms with Crippen molar-refractivity contribution in [3.8, 4) is 0 Å². The Labute approximate surface area is 131 Å². The van der Waals surface area contributed by atoms with Crippen LogP contribution in [0.5, 0.6) is 0 Å². The van der Waals surface area contributed by atoms with Gasteiger partial charge in [0.15, 0.2) is 0 Å². The molecule has 1 atom stereocenters. The molecular weight excluding hydrogens is 338 g/mol. The van der Waals surface area contributed by atoms with Gasteiger partial charge in [-0.05, 0) is 34.9 Å². The third kappa shape index (κ3) is 2.36. The molecule has 4 heteroatoms. The number of nitrogens with zero attached hydrogens (tertiary/aromatic N) is 1. The molecule has 1 aliphatic heterocycles. The third-order valence-corrected chi connectivity index (χ3v) is 4.61. The normalized spacial score (nSPS) is 15.3. The highest BCUT2D eigenvalue weighted by molar-refractivity contribution is 9.10. The summed E-state index contributed by atoms with van der Waals surface area (Å²) < 4.78 is 1.01. The number of fused-ring (bicyclic) bond motifs is 1. The lowest BCUT2D eigenvalue weighted by atomic mass is 10.0. The molecule has 0 bridgehead atoms. The van der Waals surface area contributed by atoms with Crippen molar-refractivity contribution in [2.75, 3.05) is 11.9 Å². The van der Waals surface area contributed by atoms with E-state index in [0.29, 0.717) is 6.42 Å². The topological polar surface area (TPSA) is 20.3 Å². The summed E-state index contributed by atoms with van der Waals surface area (Å²) in [6, 6.07) is 14.0. The molecule has 3 rings (SSSR count). The first-order chi connectivity index (χ1) is 9.56. The fraction of sp³-hybridized carbons (Fsp3) is 0.188. The molecule has 1 heterocycles. The molecule has 2 nitrogen and oxygen atoms in total. The van der Waals surface area contributed by atoms with Gasteiger partial charge in [0.1, 0.15) is 0 Å². The Kier molecular flexibility index (Phi) is 3.57. The van der Waals surface area contributed by atoms with Gasteiger partial charge < -0.3 is 4.90 Å². The Morgan fingerprint density at radius 3 is 2.70 bits per heavy atom. The van der Waals surface area contributed by atoms with Gasteiger partial charge in [-0.2, -0.15) is 0 Å². The lowest BCUT2D eigenvalue weighted by molar-refractivity contribution is -0.117. The van der Waals surface area contributed by atoms with Gasteiger partial charge in [-0.1, -0.05) is 40.2 Å². The van der Waals surface area contributed by atoms with E-state index in [1.54, 1.807) is 11.9 Å². The van der Waals surface area contributed by atoms with Crippen LogP contribution >= 0.6 is 27.5 Å². The van der Waals surface area contributed by atoms with Crippen molar-refractivity contribution in [3.05, 3.63) is 63.6 Å². The molecule has 102 valence electrons. The number of halogens is 2. The standard InChI is InChI=1S/C16H13BrClNO/c1-19-14-6-5-11(7-12(14)9-15(19)20)16(18)10-3-2-4-13(17)8-10/h2-8,16H,9H2,1H3. The zero-order valence-electron chi connectivity index (χ0n) is 10.9. The number of anilines is 1. The monoisotopic (exact) mass is 349 g/mol. The zero-order valence-corrected chi connectivity index (χ0v) is 13.3.